The number of carbonyl (C=O) groups excluding carboxylic acids is 1. The minimum absolute atomic E-state index is 0.279. The van der Waals surface area contributed by atoms with Gasteiger partial charge in [-0.3, -0.25) is 4.79 Å². The van der Waals surface area contributed by atoms with Crippen LogP contribution in [-0.4, -0.2) is 12.3 Å². The molecule has 0 aromatic heterocycles. The summed E-state index contributed by atoms with van der Waals surface area (Å²) in [5.41, 5.74) is 5.35. The molecule has 113 valence electrons. The van der Waals surface area contributed by atoms with Gasteiger partial charge in [0.25, 0.3) is 0 Å². The summed E-state index contributed by atoms with van der Waals surface area (Å²) in [5, 5.41) is 0. The smallest absolute Gasteiger partial charge is 0.136 e. The molecule has 0 atom stereocenters. The third kappa shape index (κ3) is 15.6. The third-order valence-corrected chi connectivity index (χ3v) is 3.57. The van der Waals surface area contributed by atoms with Crippen molar-refractivity contribution in [3.63, 3.8) is 0 Å². The van der Waals surface area contributed by atoms with E-state index < -0.39 is 0 Å². The molecular weight excluding hydrogens is 234 g/mol. The minimum Gasteiger partial charge on any atom is -0.330 e. The lowest BCUT2D eigenvalue weighted by molar-refractivity contribution is -0.116. The lowest BCUT2D eigenvalue weighted by atomic mass is 10.0. The normalized spacial score (nSPS) is 10.8. The SMILES string of the molecule is CCCCCCCCCCCCCC(=O)[CH]CCN. The van der Waals surface area contributed by atoms with Gasteiger partial charge in [-0.1, -0.05) is 71.1 Å². The summed E-state index contributed by atoms with van der Waals surface area (Å²) >= 11 is 0. The van der Waals surface area contributed by atoms with Crippen molar-refractivity contribution in [1.29, 1.82) is 0 Å². The molecule has 2 nitrogen and oxygen atoms in total. The van der Waals surface area contributed by atoms with Crippen molar-refractivity contribution in [2.75, 3.05) is 6.54 Å². The highest BCUT2D eigenvalue weighted by Crippen LogP contribution is 2.12. The molecule has 0 aliphatic heterocycles. The van der Waals surface area contributed by atoms with Crippen molar-refractivity contribution >= 4 is 5.78 Å². The van der Waals surface area contributed by atoms with Gasteiger partial charge in [-0.05, 0) is 19.4 Å². The Morgan fingerprint density at radius 2 is 1.32 bits per heavy atom. The van der Waals surface area contributed by atoms with Crippen LogP contribution in [0.15, 0.2) is 0 Å². The Morgan fingerprint density at radius 1 is 0.842 bits per heavy atom. The first-order valence-corrected chi connectivity index (χ1v) is 8.37. The molecule has 0 unspecified atom stereocenters. The lowest BCUT2D eigenvalue weighted by Gasteiger charge is -2.02. The van der Waals surface area contributed by atoms with Crippen LogP contribution in [0.25, 0.3) is 0 Å². The van der Waals surface area contributed by atoms with E-state index in [1.54, 1.807) is 6.42 Å². The third-order valence-electron chi connectivity index (χ3n) is 3.57. The van der Waals surface area contributed by atoms with Crippen molar-refractivity contribution in [1.82, 2.24) is 0 Å². The second-order valence-corrected chi connectivity index (χ2v) is 5.53. The van der Waals surface area contributed by atoms with E-state index in [4.69, 9.17) is 5.73 Å². The molecule has 2 heteroatoms. The largest absolute Gasteiger partial charge is 0.330 e. The highest BCUT2D eigenvalue weighted by atomic mass is 16.1. The summed E-state index contributed by atoms with van der Waals surface area (Å²) < 4.78 is 0. The Bertz CT molecular complexity index is 192. The van der Waals surface area contributed by atoms with Gasteiger partial charge >= 0.3 is 0 Å². The van der Waals surface area contributed by atoms with Crippen LogP contribution in [0.4, 0.5) is 0 Å². The Kier molecular flexibility index (Phi) is 15.4. The summed E-state index contributed by atoms with van der Waals surface area (Å²) in [4.78, 5) is 11.4. The summed E-state index contributed by atoms with van der Waals surface area (Å²) in [5.74, 6) is 0.279. The Labute approximate surface area is 120 Å². The van der Waals surface area contributed by atoms with Gasteiger partial charge in [-0.15, -0.1) is 0 Å². The van der Waals surface area contributed by atoms with Crippen molar-refractivity contribution < 1.29 is 4.79 Å². The van der Waals surface area contributed by atoms with E-state index in [0.717, 1.165) is 19.3 Å². The minimum atomic E-state index is 0.279. The molecule has 0 saturated carbocycles. The van der Waals surface area contributed by atoms with Crippen LogP contribution < -0.4 is 5.73 Å². The lowest BCUT2D eigenvalue weighted by Crippen LogP contribution is -2.05. The zero-order valence-electron chi connectivity index (χ0n) is 13.0. The van der Waals surface area contributed by atoms with Gasteiger partial charge in [0, 0.05) is 12.8 Å². The van der Waals surface area contributed by atoms with Gasteiger partial charge in [0.05, 0.1) is 0 Å². The fourth-order valence-corrected chi connectivity index (χ4v) is 2.31. The van der Waals surface area contributed by atoms with Crippen LogP contribution in [0, 0.1) is 6.42 Å². The number of ketones is 1. The number of rotatable bonds is 15. The molecule has 0 aliphatic carbocycles. The highest BCUT2D eigenvalue weighted by molar-refractivity contribution is 5.86. The van der Waals surface area contributed by atoms with Crippen LogP contribution >= 0.6 is 0 Å². The standard InChI is InChI=1S/C17H34NO/c1-2-3-4-5-6-7-8-9-10-11-12-14-17(19)15-13-16-18/h15H,2-14,16,18H2,1H3. The van der Waals surface area contributed by atoms with Crippen molar-refractivity contribution in [2.24, 2.45) is 5.73 Å². The van der Waals surface area contributed by atoms with Gasteiger partial charge in [0.1, 0.15) is 5.78 Å². The molecule has 0 heterocycles. The fourth-order valence-electron chi connectivity index (χ4n) is 2.31. The second-order valence-electron chi connectivity index (χ2n) is 5.53. The first-order chi connectivity index (χ1) is 9.31. The van der Waals surface area contributed by atoms with Crippen LogP contribution in [-0.2, 0) is 4.79 Å². The van der Waals surface area contributed by atoms with E-state index >= 15 is 0 Å². The Hall–Kier alpha value is -0.370. The van der Waals surface area contributed by atoms with Crippen LogP contribution in [0.1, 0.15) is 90.4 Å². The fraction of sp³-hybridized carbons (Fsp3) is 0.882. The van der Waals surface area contributed by atoms with E-state index in [1.807, 2.05) is 0 Å². The number of Topliss-reactive ketones (excluding diaryl/α,β-unsaturated/α-hetero) is 1. The van der Waals surface area contributed by atoms with Gasteiger partial charge in [-0.25, -0.2) is 0 Å². The summed E-state index contributed by atoms with van der Waals surface area (Å²) in [6, 6.07) is 0. The molecule has 1 radical (unpaired) electrons. The topological polar surface area (TPSA) is 43.1 Å². The molecular formula is C17H34NO. The van der Waals surface area contributed by atoms with Crippen molar-refractivity contribution in [3.05, 3.63) is 6.42 Å². The zero-order valence-corrected chi connectivity index (χ0v) is 13.0. The van der Waals surface area contributed by atoms with Gasteiger partial charge in [-0.2, -0.15) is 0 Å². The average molecular weight is 268 g/mol. The molecule has 0 aromatic carbocycles. The highest BCUT2D eigenvalue weighted by Gasteiger charge is 2.01. The molecule has 0 saturated heterocycles. The second kappa shape index (κ2) is 15.7. The average Bonchev–Trinajstić information content (AvgIpc) is 2.42. The Morgan fingerprint density at radius 3 is 1.79 bits per heavy atom. The molecule has 0 aromatic rings. The molecule has 2 N–H and O–H groups in total. The molecule has 0 rings (SSSR count). The van der Waals surface area contributed by atoms with Gasteiger partial charge in [0.2, 0.25) is 0 Å². The predicted octanol–water partition coefficient (Wildman–Crippen LogP) is 4.81. The maximum atomic E-state index is 11.4. The number of carbonyl (C=O) groups is 1. The predicted molar refractivity (Wildman–Crippen MR) is 84.1 cm³/mol. The van der Waals surface area contributed by atoms with Crippen molar-refractivity contribution in [3.8, 4) is 0 Å². The maximum absolute atomic E-state index is 11.4. The molecule has 0 spiro atoms. The molecule has 0 fully saturated rings. The quantitative estimate of drug-likeness (QED) is 0.433. The van der Waals surface area contributed by atoms with E-state index in [2.05, 4.69) is 6.92 Å². The zero-order chi connectivity index (χ0) is 14.2. The molecule has 0 bridgehead atoms. The van der Waals surface area contributed by atoms with E-state index in [9.17, 15) is 4.79 Å². The van der Waals surface area contributed by atoms with E-state index in [-0.39, 0.29) is 5.78 Å². The molecule has 0 amide bonds. The van der Waals surface area contributed by atoms with Crippen molar-refractivity contribution in [2.45, 2.75) is 90.4 Å². The summed E-state index contributed by atoms with van der Waals surface area (Å²) in [7, 11) is 0. The van der Waals surface area contributed by atoms with E-state index in [1.165, 1.54) is 64.2 Å². The van der Waals surface area contributed by atoms with Gasteiger partial charge in [0.15, 0.2) is 0 Å². The number of hydrogen-bond donors (Lipinski definition) is 1. The van der Waals surface area contributed by atoms with E-state index in [0.29, 0.717) is 6.54 Å². The maximum Gasteiger partial charge on any atom is 0.136 e. The van der Waals surface area contributed by atoms with Gasteiger partial charge < -0.3 is 5.73 Å². The molecule has 0 aliphatic rings. The molecule has 19 heavy (non-hydrogen) atoms. The summed E-state index contributed by atoms with van der Waals surface area (Å²) in [6.45, 7) is 2.85. The first kappa shape index (κ1) is 18.6. The van der Waals surface area contributed by atoms with Crippen LogP contribution in [0.3, 0.4) is 0 Å². The number of unbranched alkanes of at least 4 members (excludes halogenated alkanes) is 10. The monoisotopic (exact) mass is 268 g/mol. The summed E-state index contributed by atoms with van der Waals surface area (Å²) in [6.07, 6.45) is 17.8. The van der Waals surface area contributed by atoms with Crippen LogP contribution in [0.5, 0.6) is 0 Å². The number of nitrogens with two attached hydrogens (primary N) is 1. The Balaban J connectivity index is 3.04. The number of hydrogen-bond acceptors (Lipinski definition) is 2. The first-order valence-electron chi connectivity index (χ1n) is 8.37. The van der Waals surface area contributed by atoms with Crippen LogP contribution in [0.2, 0.25) is 0 Å².